The molecule has 1 saturated heterocycles. The summed E-state index contributed by atoms with van der Waals surface area (Å²) in [5, 5.41) is 0. The fraction of sp³-hybridized carbons (Fsp3) is 1.00. The van der Waals surface area contributed by atoms with Crippen LogP contribution in [0.1, 0.15) is 65.2 Å². The molecule has 1 aliphatic heterocycles. The van der Waals surface area contributed by atoms with E-state index in [2.05, 4.69) is 18.7 Å². The summed E-state index contributed by atoms with van der Waals surface area (Å²) in [6, 6.07) is 0.828. The van der Waals surface area contributed by atoms with Gasteiger partial charge in [-0.15, -0.1) is 0 Å². The third-order valence-electron chi connectivity index (χ3n) is 4.85. The van der Waals surface area contributed by atoms with Gasteiger partial charge in [0.05, 0.1) is 0 Å². The van der Waals surface area contributed by atoms with Crippen molar-refractivity contribution in [3.63, 3.8) is 0 Å². The highest BCUT2D eigenvalue weighted by molar-refractivity contribution is 4.90. The molecule has 1 heterocycles. The molecule has 0 bridgehead atoms. The lowest BCUT2D eigenvalue weighted by Crippen LogP contribution is -2.43. The van der Waals surface area contributed by atoms with Crippen molar-refractivity contribution in [1.29, 1.82) is 0 Å². The average molecular weight is 209 g/mol. The first-order valence-electron chi connectivity index (χ1n) is 7.00. The van der Waals surface area contributed by atoms with Crippen LogP contribution < -0.4 is 0 Å². The van der Waals surface area contributed by atoms with Gasteiger partial charge in [-0.05, 0) is 57.5 Å². The summed E-state index contributed by atoms with van der Waals surface area (Å²) in [7, 11) is 0. The zero-order chi connectivity index (χ0) is 10.7. The Morgan fingerprint density at radius 1 is 1.07 bits per heavy atom. The summed E-state index contributed by atoms with van der Waals surface area (Å²) >= 11 is 0. The predicted molar refractivity (Wildman–Crippen MR) is 66.1 cm³/mol. The minimum Gasteiger partial charge on any atom is -0.301 e. The minimum atomic E-state index is 0.794. The van der Waals surface area contributed by atoms with E-state index in [0.717, 1.165) is 11.5 Å². The second-order valence-corrected chi connectivity index (χ2v) is 5.88. The molecule has 1 heteroatoms. The van der Waals surface area contributed by atoms with Crippen molar-refractivity contribution in [2.75, 3.05) is 13.1 Å². The van der Waals surface area contributed by atoms with Gasteiger partial charge >= 0.3 is 0 Å². The quantitative estimate of drug-likeness (QED) is 0.683. The molecule has 1 aliphatic carbocycles. The Hall–Kier alpha value is -0.0400. The molecule has 1 atom stereocenters. The van der Waals surface area contributed by atoms with E-state index in [1.54, 1.807) is 0 Å². The van der Waals surface area contributed by atoms with Crippen LogP contribution in [0.25, 0.3) is 0 Å². The number of hydrogen-bond acceptors (Lipinski definition) is 1. The molecular formula is C14H27N. The summed E-state index contributed by atoms with van der Waals surface area (Å²) in [6.07, 6.45) is 11.8. The van der Waals surface area contributed by atoms with E-state index in [4.69, 9.17) is 0 Å². The molecule has 1 saturated carbocycles. The van der Waals surface area contributed by atoms with Gasteiger partial charge in [0, 0.05) is 6.04 Å². The normalized spacial score (nSPS) is 28.4. The van der Waals surface area contributed by atoms with Crippen molar-refractivity contribution >= 4 is 0 Å². The first-order chi connectivity index (χ1) is 7.26. The van der Waals surface area contributed by atoms with Gasteiger partial charge in [0.2, 0.25) is 0 Å². The number of nitrogens with zero attached hydrogens (tertiary/aromatic N) is 1. The smallest absolute Gasteiger partial charge is 0.00668 e. The molecule has 0 aromatic heterocycles. The Kier molecular flexibility index (Phi) is 3.71. The van der Waals surface area contributed by atoms with Crippen molar-refractivity contribution in [3.05, 3.63) is 0 Å². The molecule has 15 heavy (non-hydrogen) atoms. The molecule has 0 N–H and O–H groups in total. The fourth-order valence-electron chi connectivity index (χ4n) is 3.66. The van der Waals surface area contributed by atoms with E-state index in [9.17, 15) is 0 Å². The molecule has 1 spiro atoms. The van der Waals surface area contributed by atoms with E-state index < -0.39 is 0 Å². The molecule has 2 rings (SSSR count). The van der Waals surface area contributed by atoms with Gasteiger partial charge in [-0.3, -0.25) is 0 Å². The Labute approximate surface area is 95.2 Å². The minimum absolute atomic E-state index is 0.794. The van der Waals surface area contributed by atoms with E-state index in [0.29, 0.717) is 0 Å². The van der Waals surface area contributed by atoms with Crippen LogP contribution in [-0.4, -0.2) is 24.0 Å². The van der Waals surface area contributed by atoms with E-state index in [1.165, 1.54) is 64.5 Å². The molecule has 2 aliphatic rings. The maximum absolute atomic E-state index is 2.73. The van der Waals surface area contributed by atoms with Gasteiger partial charge < -0.3 is 4.90 Å². The molecule has 2 fully saturated rings. The Morgan fingerprint density at radius 3 is 2.20 bits per heavy atom. The van der Waals surface area contributed by atoms with Crippen LogP contribution in [0.4, 0.5) is 0 Å². The zero-order valence-corrected chi connectivity index (χ0v) is 10.6. The number of hydrogen-bond donors (Lipinski definition) is 0. The highest BCUT2D eigenvalue weighted by Gasteiger charge is 2.37. The van der Waals surface area contributed by atoms with Crippen molar-refractivity contribution in [1.82, 2.24) is 4.90 Å². The molecule has 1 nitrogen and oxygen atoms in total. The summed E-state index contributed by atoms with van der Waals surface area (Å²) < 4.78 is 0. The number of rotatable bonds is 3. The van der Waals surface area contributed by atoms with Crippen molar-refractivity contribution in [2.24, 2.45) is 5.41 Å². The number of piperidine rings is 1. The van der Waals surface area contributed by atoms with E-state index in [1.807, 2.05) is 0 Å². The predicted octanol–water partition coefficient (Wildman–Crippen LogP) is 3.83. The average Bonchev–Trinajstić information content (AvgIpc) is 2.68. The molecule has 88 valence electrons. The van der Waals surface area contributed by atoms with Gasteiger partial charge in [0.1, 0.15) is 0 Å². The topological polar surface area (TPSA) is 3.24 Å². The van der Waals surface area contributed by atoms with Crippen molar-refractivity contribution < 1.29 is 0 Å². The third kappa shape index (κ3) is 2.55. The Balaban J connectivity index is 1.81. The van der Waals surface area contributed by atoms with Crippen LogP contribution in [0.5, 0.6) is 0 Å². The fourth-order valence-corrected chi connectivity index (χ4v) is 3.66. The van der Waals surface area contributed by atoms with Crippen molar-refractivity contribution in [3.8, 4) is 0 Å². The second kappa shape index (κ2) is 4.86. The van der Waals surface area contributed by atoms with Crippen LogP contribution in [0.3, 0.4) is 0 Å². The summed E-state index contributed by atoms with van der Waals surface area (Å²) in [4.78, 5) is 2.73. The largest absolute Gasteiger partial charge is 0.301 e. The van der Waals surface area contributed by atoms with Crippen LogP contribution >= 0.6 is 0 Å². The van der Waals surface area contributed by atoms with E-state index in [-0.39, 0.29) is 0 Å². The SMILES string of the molecule is CCCC(C)N1CCC2(CCCC2)CC1. The molecule has 0 amide bonds. The molecule has 1 unspecified atom stereocenters. The standard InChI is InChI=1S/C14H27N/c1-3-6-13(2)15-11-9-14(10-12-15)7-4-5-8-14/h13H,3-12H2,1-2H3. The van der Waals surface area contributed by atoms with Crippen LogP contribution in [-0.2, 0) is 0 Å². The maximum Gasteiger partial charge on any atom is 0.00668 e. The Bertz CT molecular complexity index is 184. The first kappa shape index (κ1) is 11.4. The molecule has 0 aromatic carbocycles. The van der Waals surface area contributed by atoms with Gasteiger partial charge in [-0.1, -0.05) is 26.2 Å². The molecule has 0 radical (unpaired) electrons. The van der Waals surface area contributed by atoms with Crippen molar-refractivity contribution in [2.45, 2.75) is 71.3 Å². The molecular weight excluding hydrogens is 182 g/mol. The van der Waals surface area contributed by atoms with Gasteiger partial charge in [0.25, 0.3) is 0 Å². The summed E-state index contributed by atoms with van der Waals surface area (Å²) in [5.41, 5.74) is 0.794. The number of likely N-dealkylation sites (tertiary alicyclic amines) is 1. The monoisotopic (exact) mass is 209 g/mol. The summed E-state index contributed by atoms with van der Waals surface area (Å²) in [6.45, 7) is 7.47. The Morgan fingerprint density at radius 2 is 1.67 bits per heavy atom. The first-order valence-corrected chi connectivity index (χ1v) is 7.00. The highest BCUT2D eigenvalue weighted by Crippen LogP contribution is 2.46. The highest BCUT2D eigenvalue weighted by atomic mass is 15.2. The molecule has 0 aromatic rings. The van der Waals surface area contributed by atoms with Gasteiger partial charge in [-0.25, -0.2) is 0 Å². The lowest BCUT2D eigenvalue weighted by molar-refractivity contribution is 0.0784. The van der Waals surface area contributed by atoms with Crippen LogP contribution in [0, 0.1) is 5.41 Å². The van der Waals surface area contributed by atoms with Crippen LogP contribution in [0.2, 0.25) is 0 Å². The van der Waals surface area contributed by atoms with Gasteiger partial charge in [0.15, 0.2) is 0 Å². The lowest BCUT2D eigenvalue weighted by atomic mass is 9.77. The third-order valence-corrected chi connectivity index (χ3v) is 4.85. The maximum atomic E-state index is 2.73. The second-order valence-electron chi connectivity index (χ2n) is 5.88. The van der Waals surface area contributed by atoms with E-state index >= 15 is 0 Å². The lowest BCUT2D eigenvalue weighted by Gasteiger charge is -2.42. The summed E-state index contributed by atoms with van der Waals surface area (Å²) in [5.74, 6) is 0. The zero-order valence-electron chi connectivity index (χ0n) is 10.6. The van der Waals surface area contributed by atoms with Gasteiger partial charge in [-0.2, -0.15) is 0 Å². The van der Waals surface area contributed by atoms with Crippen LogP contribution in [0.15, 0.2) is 0 Å².